The van der Waals surface area contributed by atoms with Crippen molar-refractivity contribution in [3.8, 4) is 0 Å². The molecule has 2 fully saturated rings. The van der Waals surface area contributed by atoms with Crippen molar-refractivity contribution in [1.82, 2.24) is 15.1 Å². The fourth-order valence-corrected chi connectivity index (χ4v) is 7.43. The van der Waals surface area contributed by atoms with Gasteiger partial charge in [0.1, 0.15) is 0 Å². The molecule has 0 aromatic heterocycles. The van der Waals surface area contributed by atoms with Crippen LogP contribution in [0.15, 0.2) is 42.5 Å². The van der Waals surface area contributed by atoms with Crippen LogP contribution in [0.5, 0.6) is 0 Å². The van der Waals surface area contributed by atoms with Crippen molar-refractivity contribution >= 4 is 40.9 Å². The lowest BCUT2D eigenvalue weighted by Gasteiger charge is -2.39. The summed E-state index contributed by atoms with van der Waals surface area (Å²) in [7, 11) is 3.75. The average molecular weight is 639 g/mol. The molecule has 0 bridgehead atoms. The highest BCUT2D eigenvalue weighted by atomic mass is 35.5. The number of halogens is 4. The zero-order chi connectivity index (χ0) is 31.3. The summed E-state index contributed by atoms with van der Waals surface area (Å²) in [6.45, 7) is 6.50. The van der Waals surface area contributed by atoms with Gasteiger partial charge in [0.25, 0.3) is 0 Å². The number of benzene rings is 2. The van der Waals surface area contributed by atoms with Gasteiger partial charge in [-0.25, -0.2) is 0 Å². The van der Waals surface area contributed by atoms with E-state index in [1.807, 2.05) is 62.0 Å². The Morgan fingerprint density at radius 3 is 2.33 bits per heavy atom. The lowest BCUT2D eigenvalue weighted by Crippen LogP contribution is -2.51. The second-order valence-corrected chi connectivity index (χ2v) is 13.7. The second kappa shape index (κ2) is 14.6. The van der Waals surface area contributed by atoms with Crippen molar-refractivity contribution in [3.63, 3.8) is 0 Å². The molecule has 2 aliphatic rings. The topological polar surface area (TPSA) is 55.9 Å². The van der Waals surface area contributed by atoms with Crippen molar-refractivity contribution in [2.75, 3.05) is 63.2 Å². The maximum absolute atomic E-state index is 13.8. The van der Waals surface area contributed by atoms with Crippen LogP contribution in [-0.2, 0) is 15.8 Å². The highest BCUT2D eigenvalue weighted by Crippen LogP contribution is 2.40. The molecule has 0 spiro atoms. The number of carbonyl (C=O) groups excluding carboxylic acids is 2. The van der Waals surface area contributed by atoms with Crippen molar-refractivity contribution < 1.29 is 22.8 Å². The molecule has 2 saturated heterocycles. The first-order valence-electron chi connectivity index (χ1n) is 14.9. The number of piperazine rings is 1. The molecule has 0 unspecified atom stereocenters. The zero-order valence-electron chi connectivity index (χ0n) is 25.3. The van der Waals surface area contributed by atoms with E-state index in [4.69, 9.17) is 11.6 Å². The molecule has 2 heterocycles. The van der Waals surface area contributed by atoms with Gasteiger partial charge in [-0.2, -0.15) is 24.9 Å². The molecule has 11 heteroatoms. The van der Waals surface area contributed by atoms with Crippen LogP contribution in [0.3, 0.4) is 0 Å². The highest BCUT2D eigenvalue weighted by Gasteiger charge is 2.38. The molecule has 4 rings (SSSR count). The smallest absolute Gasteiger partial charge is 0.368 e. The molecule has 1 N–H and O–H groups in total. The van der Waals surface area contributed by atoms with Crippen LogP contribution in [-0.4, -0.2) is 79.9 Å². The molecule has 6 nitrogen and oxygen atoms in total. The van der Waals surface area contributed by atoms with E-state index >= 15 is 0 Å². The summed E-state index contributed by atoms with van der Waals surface area (Å²) in [4.78, 5) is 32.4. The van der Waals surface area contributed by atoms with Crippen LogP contribution in [0.1, 0.15) is 55.3 Å². The zero-order valence-corrected chi connectivity index (χ0v) is 26.9. The van der Waals surface area contributed by atoms with Gasteiger partial charge in [-0.05, 0) is 67.9 Å². The van der Waals surface area contributed by atoms with Crippen molar-refractivity contribution in [3.05, 3.63) is 64.2 Å². The Morgan fingerprint density at radius 1 is 1.05 bits per heavy atom. The number of hydrogen-bond acceptors (Lipinski definition) is 5. The summed E-state index contributed by atoms with van der Waals surface area (Å²) >= 11 is 7.86. The fourth-order valence-electron chi connectivity index (χ4n) is 5.86. The van der Waals surface area contributed by atoms with Gasteiger partial charge in [0.2, 0.25) is 11.8 Å². The monoisotopic (exact) mass is 638 g/mol. The highest BCUT2D eigenvalue weighted by molar-refractivity contribution is 7.99. The van der Waals surface area contributed by atoms with Gasteiger partial charge in [0.15, 0.2) is 0 Å². The number of anilines is 1. The van der Waals surface area contributed by atoms with Crippen LogP contribution in [0.4, 0.5) is 18.9 Å². The molecule has 0 radical (unpaired) electrons. The fraction of sp³-hybridized carbons (Fsp3) is 0.562. The number of carbonyl (C=O) groups is 2. The summed E-state index contributed by atoms with van der Waals surface area (Å²) in [5.74, 6) is 1.73. The van der Waals surface area contributed by atoms with Crippen molar-refractivity contribution in [2.24, 2.45) is 11.8 Å². The lowest BCUT2D eigenvalue weighted by atomic mass is 9.88. The van der Waals surface area contributed by atoms with Crippen LogP contribution in [0.25, 0.3) is 0 Å². The number of nitrogens with one attached hydrogen (secondary N) is 1. The maximum atomic E-state index is 13.8. The summed E-state index contributed by atoms with van der Waals surface area (Å²) in [6.07, 6.45) is -3.74. The van der Waals surface area contributed by atoms with Gasteiger partial charge in [0, 0.05) is 67.3 Å². The first kappa shape index (κ1) is 33.5. The van der Waals surface area contributed by atoms with E-state index in [1.165, 1.54) is 12.1 Å². The van der Waals surface area contributed by atoms with Crippen LogP contribution < -0.4 is 10.2 Å². The van der Waals surface area contributed by atoms with Crippen LogP contribution in [0.2, 0.25) is 5.02 Å². The van der Waals surface area contributed by atoms with Gasteiger partial charge in [0.05, 0.1) is 17.5 Å². The van der Waals surface area contributed by atoms with Crippen LogP contribution in [0, 0.1) is 11.8 Å². The Hall–Kier alpha value is -2.43. The third kappa shape index (κ3) is 8.82. The second-order valence-electron chi connectivity index (χ2n) is 12.2. The number of nitrogens with zero attached hydrogens (tertiary/aromatic N) is 3. The minimum Gasteiger partial charge on any atom is -0.368 e. The van der Waals surface area contributed by atoms with Gasteiger partial charge in [-0.1, -0.05) is 37.6 Å². The molecule has 0 saturated carbocycles. The molecular weight excluding hydrogens is 597 g/mol. The van der Waals surface area contributed by atoms with Crippen molar-refractivity contribution in [2.45, 2.75) is 44.8 Å². The average Bonchev–Trinajstić information content (AvgIpc) is 3.45. The van der Waals surface area contributed by atoms with Gasteiger partial charge >= 0.3 is 6.18 Å². The Balaban J connectivity index is 1.53. The number of alkyl halides is 3. The first-order chi connectivity index (χ1) is 20.3. The Kier molecular flexibility index (Phi) is 11.3. The van der Waals surface area contributed by atoms with E-state index in [0.717, 1.165) is 23.1 Å². The molecule has 3 atom stereocenters. The largest absolute Gasteiger partial charge is 0.416 e. The normalized spacial score (nSPS) is 20.1. The minimum atomic E-state index is -4.50. The molecule has 2 aromatic rings. The molecule has 2 aromatic carbocycles. The molecular formula is C32H42ClF3N4O2S. The lowest BCUT2D eigenvalue weighted by molar-refractivity contribution is -0.138. The molecule has 43 heavy (non-hydrogen) atoms. The van der Waals surface area contributed by atoms with Gasteiger partial charge in [-0.3, -0.25) is 9.59 Å². The third-order valence-electron chi connectivity index (χ3n) is 8.19. The van der Waals surface area contributed by atoms with Crippen molar-refractivity contribution in [1.29, 1.82) is 0 Å². The quantitative estimate of drug-likeness (QED) is 0.331. The summed E-state index contributed by atoms with van der Waals surface area (Å²) in [5.41, 5.74) is 1.53. The summed E-state index contributed by atoms with van der Waals surface area (Å²) < 4.78 is 41.5. The van der Waals surface area contributed by atoms with Gasteiger partial charge in [-0.15, -0.1) is 0 Å². The molecule has 2 aliphatic heterocycles. The number of hydrogen-bond donors (Lipinski definition) is 1. The predicted octanol–water partition coefficient (Wildman–Crippen LogP) is 6.31. The van der Waals surface area contributed by atoms with Crippen LogP contribution >= 0.6 is 23.4 Å². The first-order valence-corrected chi connectivity index (χ1v) is 16.4. The molecule has 0 aliphatic carbocycles. The number of rotatable bonds is 10. The van der Waals surface area contributed by atoms with E-state index in [9.17, 15) is 22.8 Å². The Labute approximate surface area is 262 Å². The predicted molar refractivity (Wildman–Crippen MR) is 169 cm³/mol. The number of thioether (sulfide) groups is 1. The van der Waals surface area contributed by atoms with E-state index < -0.39 is 17.8 Å². The summed E-state index contributed by atoms with van der Waals surface area (Å²) in [6, 6.07) is 11.0. The van der Waals surface area contributed by atoms with E-state index in [-0.39, 0.29) is 36.0 Å². The number of amides is 2. The maximum Gasteiger partial charge on any atom is 0.416 e. The van der Waals surface area contributed by atoms with E-state index in [0.29, 0.717) is 55.4 Å². The standard InChI is InChI=1S/C32H42ClF3N4O2S/c1-21(2)17-28(37-30(41)11-12-38(3)4)25-18-23(32(34,35)36)7-10-29(25)39-13-15-40(16-14-39)31(42)27-20-43-19-26(27)22-5-8-24(33)9-6-22/h5-10,18,21,26-28H,11-17,19-20H2,1-4H3,(H,37,41)/t26-,27+,28+/m1/s1. The third-order valence-corrected chi connectivity index (χ3v) is 9.63. The minimum absolute atomic E-state index is 0.118. The van der Waals surface area contributed by atoms with E-state index in [2.05, 4.69) is 10.2 Å². The van der Waals surface area contributed by atoms with Gasteiger partial charge < -0.3 is 20.0 Å². The SMILES string of the molecule is CC(C)C[C@H](NC(=O)CCN(C)C)c1cc(C(F)(F)F)ccc1N1CCN(C(=O)[C@H]2CSC[C@@H]2c2ccc(Cl)cc2)CC1. The van der Waals surface area contributed by atoms with E-state index in [1.54, 1.807) is 11.8 Å². The summed E-state index contributed by atoms with van der Waals surface area (Å²) in [5, 5.41) is 3.70. The molecule has 2 amide bonds. The Bertz CT molecular complexity index is 1250. The Morgan fingerprint density at radius 2 is 1.72 bits per heavy atom. The molecule has 236 valence electrons.